The minimum atomic E-state index is -0.274. The van der Waals surface area contributed by atoms with Crippen molar-refractivity contribution in [1.82, 2.24) is 14.9 Å². The number of nitrogens with one attached hydrogen (secondary N) is 1. The molecule has 0 spiro atoms. The van der Waals surface area contributed by atoms with Crippen LogP contribution in [-0.4, -0.2) is 27.7 Å². The standard InChI is InChI=1S/C23H30FN3O/c24-8-4-1-5-9-27-20-7-3-2-6-19(20)25-21(27)22(28)26-23-13-16-10-17(14-23)12-18(11-16)15-23/h2-3,6-7,16-18H,1,4-5,8-15H2,(H,26,28). The van der Waals surface area contributed by atoms with Gasteiger partial charge in [-0.05, 0) is 87.7 Å². The lowest BCUT2D eigenvalue weighted by atomic mass is 9.53. The molecule has 0 saturated heterocycles. The van der Waals surface area contributed by atoms with Crippen LogP contribution in [0.15, 0.2) is 24.3 Å². The summed E-state index contributed by atoms with van der Waals surface area (Å²) in [5.74, 6) is 2.89. The minimum absolute atomic E-state index is 0.0109. The van der Waals surface area contributed by atoms with Crippen molar-refractivity contribution in [3.05, 3.63) is 30.1 Å². The predicted molar refractivity (Wildman–Crippen MR) is 108 cm³/mol. The highest BCUT2D eigenvalue weighted by molar-refractivity contribution is 5.95. The van der Waals surface area contributed by atoms with Gasteiger partial charge in [0.2, 0.25) is 0 Å². The molecule has 150 valence electrons. The molecule has 0 unspecified atom stereocenters. The lowest BCUT2D eigenvalue weighted by Crippen LogP contribution is -2.60. The first-order valence-electron chi connectivity index (χ1n) is 11.0. The molecule has 4 bridgehead atoms. The largest absolute Gasteiger partial charge is 0.344 e. The van der Waals surface area contributed by atoms with E-state index in [2.05, 4.69) is 10.3 Å². The summed E-state index contributed by atoms with van der Waals surface area (Å²) in [6.45, 7) is 0.439. The van der Waals surface area contributed by atoms with Gasteiger partial charge in [0.1, 0.15) is 0 Å². The summed E-state index contributed by atoms with van der Waals surface area (Å²) in [7, 11) is 0. The van der Waals surface area contributed by atoms with Gasteiger partial charge >= 0.3 is 0 Å². The molecule has 1 aromatic heterocycles. The average Bonchev–Trinajstić information content (AvgIpc) is 3.03. The van der Waals surface area contributed by atoms with Gasteiger partial charge in [-0.25, -0.2) is 4.98 Å². The van der Waals surface area contributed by atoms with Gasteiger partial charge in [-0.1, -0.05) is 12.1 Å². The number of alkyl halides is 1. The van der Waals surface area contributed by atoms with Crippen LogP contribution in [-0.2, 0) is 6.54 Å². The zero-order valence-corrected chi connectivity index (χ0v) is 16.5. The van der Waals surface area contributed by atoms with Crippen LogP contribution in [0.5, 0.6) is 0 Å². The molecule has 6 rings (SSSR count). The second-order valence-electron chi connectivity index (χ2n) is 9.48. The fourth-order valence-corrected chi connectivity index (χ4v) is 6.58. The molecule has 4 nitrogen and oxygen atoms in total. The van der Waals surface area contributed by atoms with Gasteiger partial charge in [0, 0.05) is 12.1 Å². The number of hydrogen-bond donors (Lipinski definition) is 1. The monoisotopic (exact) mass is 383 g/mol. The van der Waals surface area contributed by atoms with Crippen LogP contribution in [0.25, 0.3) is 11.0 Å². The second kappa shape index (κ2) is 7.16. The summed E-state index contributed by atoms with van der Waals surface area (Å²) in [4.78, 5) is 18.0. The second-order valence-corrected chi connectivity index (χ2v) is 9.48. The molecule has 1 heterocycles. The van der Waals surface area contributed by atoms with E-state index in [1.54, 1.807) is 0 Å². The van der Waals surface area contributed by atoms with Crippen LogP contribution < -0.4 is 5.32 Å². The van der Waals surface area contributed by atoms with Gasteiger partial charge < -0.3 is 9.88 Å². The van der Waals surface area contributed by atoms with E-state index in [9.17, 15) is 9.18 Å². The van der Waals surface area contributed by atoms with Gasteiger partial charge in [-0.3, -0.25) is 9.18 Å². The molecule has 1 aromatic carbocycles. The predicted octanol–water partition coefficient (Wildman–Crippen LogP) is 4.87. The van der Waals surface area contributed by atoms with Crippen LogP contribution in [0.4, 0.5) is 4.39 Å². The maximum Gasteiger partial charge on any atom is 0.287 e. The van der Waals surface area contributed by atoms with E-state index >= 15 is 0 Å². The molecule has 0 atom stereocenters. The summed E-state index contributed by atoms with van der Waals surface area (Å²) in [6.07, 6.45) is 9.79. The van der Waals surface area contributed by atoms with Gasteiger partial charge in [-0.2, -0.15) is 0 Å². The SMILES string of the molecule is O=C(NC12CC3CC(CC(C3)C1)C2)c1nc2ccccc2n1CCCCCF. The first kappa shape index (κ1) is 18.1. The third-order valence-corrected chi connectivity index (χ3v) is 7.29. The molecule has 0 radical (unpaired) electrons. The normalized spacial score (nSPS) is 30.8. The first-order chi connectivity index (χ1) is 13.7. The number of rotatable bonds is 7. The summed E-state index contributed by atoms with van der Waals surface area (Å²) in [5.41, 5.74) is 1.85. The Morgan fingerprint density at radius 3 is 2.43 bits per heavy atom. The number of benzene rings is 1. The van der Waals surface area contributed by atoms with Gasteiger partial charge in [-0.15, -0.1) is 0 Å². The third-order valence-electron chi connectivity index (χ3n) is 7.29. The van der Waals surface area contributed by atoms with E-state index in [-0.39, 0.29) is 18.1 Å². The van der Waals surface area contributed by atoms with Crippen LogP contribution in [0, 0.1) is 17.8 Å². The summed E-state index contributed by atoms with van der Waals surface area (Å²) >= 11 is 0. The van der Waals surface area contributed by atoms with Crippen molar-refractivity contribution in [3.8, 4) is 0 Å². The Kier molecular flexibility index (Phi) is 4.64. The Labute approximate surface area is 165 Å². The molecule has 5 heteroatoms. The van der Waals surface area contributed by atoms with Gasteiger partial charge in [0.25, 0.3) is 5.91 Å². The summed E-state index contributed by atoms with van der Waals surface area (Å²) in [6, 6.07) is 7.94. The molecular formula is C23H30FN3O. The Morgan fingerprint density at radius 2 is 1.75 bits per heavy atom. The first-order valence-corrected chi connectivity index (χ1v) is 11.0. The lowest BCUT2D eigenvalue weighted by molar-refractivity contribution is -0.0169. The smallest absolute Gasteiger partial charge is 0.287 e. The number of nitrogens with zero attached hydrogens (tertiary/aromatic N) is 2. The Balaban J connectivity index is 1.40. The third kappa shape index (κ3) is 3.23. The molecule has 0 aliphatic heterocycles. The van der Waals surface area contributed by atoms with E-state index in [0.29, 0.717) is 18.8 Å². The fraction of sp³-hybridized carbons (Fsp3) is 0.652. The van der Waals surface area contributed by atoms with Crippen LogP contribution in [0.3, 0.4) is 0 Å². The van der Waals surface area contributed by atoms with Crippen molar-refractivity contribution in [3.63, 3.8) is 0 Å². The number of imidazole rings is 1. The highest BCUT2D eigenvalue weighted by Gasteiger charge is 2.51. The number of aromatic nitrogens is 2. The number of carbonyl (C=O) groups excluding carboxylic acids is 1. The van der Waals surface area contributed by atoms with E-state index in [1.165, 1.54) is 19.3 Å². The van der Waals surface area contributed by atoms with Crippen molar-refractivity contribution >= 4 is 16.9 Å². The molecule has 2 aromatic rings. The number of halogens is 1. The zero-order valence-electron chi connectivity index (χ0n) is 16.5. The number of unbranched alkanes of at least 4 members (excludes halogenated alkanes) is 2. The average molecular weight is 384 g/mol. The van der Waals surface area contributed by atoms with Gasteiger partial charge in [0.05, 0.1) is 17.7 Å². The highest BCUT2D eigenvalue weighted by atomic mass is 19.1. The van der Waals surface area contributed by atoms with Crippen LogP contribution >= 0.6 is 0 Å². The Bertz CT molecular complexity index is 839. The maximum atomic E-state index is 13.4. The summed E-state index contributed by atoms with van der Waals surface area (Å²) < 4.78 is 14.5. The molecular weight excluding hydrogens is 353 g/mol. The van der Waals surface area contributed by atoms with Crippen molar-refractivity contribution in [2.45, 2.75) is 69.9 Å². The molecule has 4 aliphatic rings. The van der Waals surface area contributed by atoms with Crippen LogP contribution in [0.2, 0.25) is 0 Å². The Morgan fingerprint density at radius 1 is 1.07 bits per heavy atom. The molecule has 4 saturated carbocycles. The maximum absolute atomic E-state index is 13.4. The lowest BCUT2D eigenvalue weighted by Gasteiger charge is -2.56. The summed E-state index contributed by atoms with van der Waals surface area (Å²) in [5, 5.41) is 3.46. The van der Waals surface area contributed by atoms with Crippen molar-refractivity contribution in [1.29, 1.82) is 0 Å². The Hall–Kier alpha value is -1.91. The number of aryl methyl sites for hydroxylation is 1. The van der Waals surface area contributed by atoms with Crippen LogP contribution in [0.1, 0.15) is 68.4 Å². The molecule has 28 heavy (non-hydrogen) atoms. The van der Waals surface area contributed by atoms with Crippen molar-refractivity contribution in [2.24, 2.45) is 17.8 Å². The fourth-order valence-electron chi connectivity index (χ4n) is 6.58. The van der Waals surface area contributed by atoms with Gasteiger partial charge in [0.15, 0.2) is 5.82 Å². The number of para-hydroxylation sites is 2. The quantitative estimate of drug-likeness (QED) is 0.693. The number of carbonyl (C=O) groups is 1. The van der Waals surface area contributed by atoms with E-state index in [0.717, 1.165) is 60.9 Å². The minimum Gasteiger partial charge on any atom is -0.344 e. The van der Waals surface area contributed by atoms with Crippen molar-refractivity contribution < 1.29 is 9.18 Å². The number of amides is 1. The molecule has 1 N–H and O–H groups in total. The van der Waals surface area contributed by atoms with E-state index in [4.69, 9.17) is 0 Å². The topological polar surface area (TPSA) is 46.9 Å². The van der Waals surface area contributed by atoms with E-state index < -0.39 is 0 Å². The van der Waals surface area contributed by atoms with E-state index in [1.807, 2.05) is 28.8 Å². The molecule has 4 aliphatic carbocycles. The number of fused-ring (bicyclic) bond motifs is 1. The highest BCUT2D eigenvalue weighted by Crippen LogP contribution is 2.55. The molecule has 1 amide bonds. The van der Waals surface area contributed by atoms with Crippen molar-refractivity contribution in [2.75, 3.05) is 6.67 Å². The zero-order chi connectivity index (χ0) is 19.1. The number of hydrogen-bond acceptors (Lipinski definition) is 2. The molecule has 4 fully saturated rings.